The van der Waals surface area contributed by atoms with Crippen LogP contribution in [0.15, 0.2) is 36.4 Å². The van der Waals surface area contributed by atoms with Crippen LogP contribution in [-0.4, -0.2) is 11.2 Å². The van der Waals surface area contributed by atoms with Crippen molar-refractivity contribution in [1.82, 2.24) is 0 Å². The minimum absolute atomic E-state index is 0.175. The molecule has 0 fully saturated rings. The molecule has 0 radical (unpaired) electrons. The lowest BCUT2D eigenvalue weighted by Gasteiger charge is -2.06. The summed E-state index contributed by atoms with van der Waals surface area (Å²) in [6.45, 7) is 2.18. The molecule has 1 unspecified atom stereocenters. The fraction of sp³-hybridized carbons (Fsp3) is 0.467. The molecule has 0 spiro atoms. The van der Waals surface area contributed by atoms with Gasteiger partial charge in [-0.1, -0.05) is 68.7 Å². The van der Waals surface area contributed by atoms with Gasteiger partial charge in [-0.05, 0) is 18.4 Å². The van der Waals surface area contributed by atoms with Gasteiger partial charge in [-0.2, -0.15) is 0 Å². The Morgan fingerprint density at radius 1 is 1.19 bits per heavy atom. The second-order valence-corrected chi connectivity index (χ2v) is 4.20. The molecule has 88 valence electrons. The van der Waals surface area contributed by atoms with Crippen molar-refractivity contribution in [2.24, 2.45) is 0 Å². The van der Waals surface area contributed by atoms with E-state index in [4.69, 9.17) is 0 Å². The second kappa shape index (κ2) is 8.12. The topological polar surface area (TPSA) is 20.2 Å². The van der Waals surface area contributed by atoms with Crippen LogP contribution in [0.5, 0.6) is 0 Å². The number of hydrogen-bond donors (Lipinski definition) is 1. The van der Waals surface area contributed by atoms with Crippen molar-refractivity contribution in [3.63, 3.8) is 0 Å². The lowest BCUT2D eigenvalue weighted by Crippen LogP contribution is -2.03. The molecule has 0 saturated heterocycles. The summed E-state index contributed by atoms with van der Waals surface area (Å²) in [6, 6.07) is 10.2. The van der Waals surface area contributed by atoms with Crippen molar-refractivity contribution < 1.29 is 5.11 Å². The van der Waals surface area contributed by atoms with E-state index >= 15 is 0 Å². The number of aliphatic hydroxyl groups excluding tert-OH is 1. The molecule has 0 aliphatic heterocycles. The predicted molar refractivity (Wildman–Crippen MR) is 70.2 cm³/mol. The molecule has 1 aromatic rings. The van der Waals surface area contributed by atoms with Crippen LogP contribution < -0.4 is 0 Å². The van der Waals surface area contributed by atoms with Crippen LogP contribution in [0, 0.1) is 0 Å². The molecule has 16 heavy (non-hydrogen) atoms. The van der Waals surface area contributed by atoms with E-state index < -0.39 is 0 Å². The summed E-state index contributed by atoms with van der Waals surface area (Å²) in [6.07, 6.45) is 9.22. The van der Waals surface area contributed by atoms with E-state index in [9.17, 15) is 5.11 Å². The zero-order chi connectivity index (χ0) is 11.6. The maximum atomic E-state index is 9.70. The van der Waals surface area contributed by atoms with E-state index in [0.717, 1.165) is 19.3 Å². The fourth-order valence-electron chi connectivity index (χ4n) is 1.67. The van der Waals surface area contributed by atoms with Crippen LogP contribution >= 0.6 is 0 Å². The monoisotopic (exact) mass is 218 g/mol. The van der Waals surface area contributed by atoms with E-state index in [-0.39, 0.29) is 6.10 Å². The van der Waals surface area contributed by atoms with Gasteiger partial charge in [0.25, 0.3) is 0 Å². The summed E-state index contributed by atoms with van der Waals surface area (Å²) in [5.74, 6) is 0. The number of aliphatic hydroxyl groups is 1. The van der Waals surface area contributed by atoms with Crippen molar-refractivity contribution in [2.45, 2.75) is 45.1 Å². The summed E-state index contributed by atoms with van der Waals surface area (Å²) in [5, 5.41) is 9.70. The normalized spacial score (nSPS) is 13.1. The van der Waals surface area contributed by atoms with Gasteiger partial charge in [0.05, 0.1) is 6.10 Å². The minimum atomic E-state index is -0.175. The molecule has 1 heteroatoms. The average Bonchev–Trinajstić information content (AvgIpc) is 2.31. The molecule has 1 aromatic carbocycles. The van der Waals surface area contributed by atoms with Gasteiger partial charge in [0.15, 0.2) is 0 Å². The van der Waals surface area contributed by atoms with Crippen molar-refractivity contribution >= 4 is 6.08 Å². The zero-order valence-electron chi connectivity index (χ0n) is 10.1. The zero-order valence-corrected chi connectivity index (χ0v) is 10.1. The van der Waals surface area contributed by atoms with E-state index in [2.05, 4.69) is 31.2 Å². The third kappa shape index (κ3) is 5.72. The molecule has 0 amide bonds. The SMILES string of the molecule is CCCCCC(O)C/C=C\c1ccccc1. The third-order valence-electron chi connectivity index (χ3n) is 2.66. The van der Waals surface area contributed by atoms with Crippen molar-refractivity contribution in [2.75, 3.05) is 0 Å². The standard InChI is InChI=1S/C15H22O/c1-2-3-5-12-15(16)13-8-11-14-9-6-4-7-10-14/h4,6-11,15-16H,2-3,5,12-13H2,1H3/b11-8-. The second-order valence-electron chi connectivity index (χ2n) is 4.20. The summed E-state index contributed by atoms with van der Waals surface area (Å²) in [7, 11) is 0. The molecule has 0 aromatic heterocycles. The van der Waals surface area contributed by atoms with Crippen molar-refractivity contribution in [3.8, 4) is 0 Å². The highest BCUT2D eigenvalue weighted by Gasteiger charge is 2.00. The summed E-state index contributed by atoms with van der Waals surface area (Å²) in [4.78, 5) is 0. The van der Waals surface area contributed by atoms with Crippen LogP contribution in [0.3, 0.4) is 0 Å². The smallest absolute Gasteiger partial charge is 0.0574 e. The highest BCUT2D eigenvalue weighted by atomic mass is 16.3. The molecular formula is C15H22O. The maximum Gasteiger partial charge on any atom is 0.0574 e. The molecule has 0 bridgehead atoms. The van der Waals surface area contributed by atoms with Crippen LogP contribution in [-0.2, 0) is 0 Å². The lowest BCUT2D eigenvalue weighted by atomic mass is 10.1. The first-order valence-corrected chi connectivity index (χ1v) is 6.22. The number of benzene rings is 1. The van der Waals surface area contributed by atoms with Crippen molar-refractivity contribution in [1.29, 1.82) is 0 Å². The van der Waals surface area contributed by atoms with Crippen LogP contribution in [0.4, 0.5) is 0 Å². The molecule has 1 atom stereocenters. The Kier molecular flexibility index (Phi) is 6.59. The Morgan fingerprint density at radius 3 is 2.62 bits per heavy atom. The minimum Gasteiger partial charge on any atom is -0.393 e. The third-order valence-corrected chi connectivity index (χ3v) is 2.66. The quantitative estimate of drug-likeness (QED) is 0.685. The van der Waals surface area contributed by atoms with Gasteiger partial charge >= 0.3 is 0 Å². The largest absolute Gasteiger partial charge is 0.393 e. The summed E-state index contributed by atoms with van der Waals surface area (Å²) >= 11 is 0. The van der Waals surface area contributed by atoms with Gasteiger partial charge < -0.3 is 5.11 Å². The molecular weight excluding hydrogens is 196 g/mol. The van der Waals surface area contributed by atoms with Gasteiger partial charge in [0, 0.05) is 0 Å². The summed E-state index contributed by atoms with van der Waals surface area (Å²) in [5.41, 5.74) is 1.20. The fourth-order valence-corrected chi connectivity index (χ4v) is 1.67. The van der Waals surface area contributed by atoms with E-state index in [0.29, 0.717) is 0 Å². The van der Waals surface area contributed by atoms with Crippen molar-refractivity contribution in [3.05, 3.63) is 42.0 Å². The van der Waals surface area contributed by atoms with E-state index in [1.165, 1.54) is 18.4 Å². The number of rotatable bonds is 7. The number of hydrogen-bond acceptors (Lipinski definition) is 1. The average molecular weight is 218 g/mol. The van der Waals surface area contributed by atoms with Gasteiger partial charge in [0.1, 0.15) is 0 Å². The Morgan fingerprint density at radius 2 is 1.94 bits per heavy atom. The van der Waals surface area contributed by atoms with Gasteiger partial charge in [-0.15, -0.1) is 0 Å². The van der Waals surface area contributed by atoms with Gasteiger partial charge in [0.2, 0.25) is 0 Å². The Balaban J connectivity index is 2.21. The first kappa shape index (κ1) is 13.0. The van der Waals surface area contributed by atoms with E-state index in [1.807, 2.05) is 18.2 Å². The van der Waals surface area contributed by atoms with Gasteiger partial charge in [-0.3, -0.25) is 0 Å². The molecule has 0 saturated carbocycles. The van der Waals surface area contributed by atoms with Crippen LogP contribution in [0.1, 0.15) is 44.6 Å². The van der Waals surface area contributed by atoms with E-state index in [1.54, 1.807) is 0 Å². The molecule has 1 N–H and O–H groups in total. The molecule has 0 aliphatic carbocycles. The lowest BCUT2D eigenvalue weighted by molar-refractivity contribution is 0.164. The molecule has 1 rings (SSSR count). The maximum absolute atomic E-state index is 9.70. The highest BCUT2D eigenvalue weighted by Crippen LogP contribution is 2.08. The molecule has 0 heterocycles. The van der Waals surface area contributed by atoms with Gasteiger partial charge in [-0.25, -0.2) is 0 Å². The Labute approximate surface area is 98.8 Å². The number of unbranched alkanes of at least 4 members (excludes halogenated alkanes) is 2. The Bertz CT molecular complexity index is 290. The predicted octanol–water partition coefficient (Wildman–Crippen LogP) is 4.03. The first-order valence-electron chi connectivity index (χ1n) is 6.22. The molecule has 1 nitrogen and oxygen atoms in total. The highest BCUT2D eigenvalue weighted by molar-refractivity contribution is 5.48. The Hall–Kier alpha value is -1.08. The summed E-state index contributed by atoms with van der Waals surface area (Å²) < 4.78 is 0. The first-order chi connectivity index (χ1) is 7.83. The van der Waals surface area contributed by atoms with Crippen LogP contribution in [0.25, 0.3) is 6.08 Å². The molecule has 0 aliphatic rings. The van der Waals surface area contributed by atoms with Crippen LogP contribution in [0.2, 0.25) is 0 Å².